The maximum Gasteiger partial charge on any atom is 0.237 e. The summed E-state index contributed by atoms with van der Waals surface area (Å²) in [5.41, 5.74) is 15.5. The summed E-state index contributed by atoms with van der Waals surface area (Å²) in [7, 11) is 0. The molecule has 0 spiro atoms. The van der Waals surface area contributed by atoms with E-state index in [1.54, 1.807) is 24.3 Å². The molecule has 37 heavy (non-hydrogen) atoms. The molecule has 0 aliphatic heterocycles. The molecule has 1 aliphatic carbocycles. The lowest BCUT2D eigenvalue weighted by Crippen LogP contribution is -2.42. The van der Waals surface area contributed by atoms with E-state index in [2.05, 4.69) is 16.0 Å². The second kappa shape index (κ2) is 12.3. The average Bonchev–Trinajstić information content (AvgIpc) is 2.92. The second-order valence-corrected chi connectivity index (χ2v) is 9.05. The quantitative estimate of drug-likeness (QED) is 0.189. The number of nitrogens with one attached hydrogen (secondary N) is 3. The number of amides is 1. The lowest BCUT2D eigenvalue weighted by molar-refractivity contribution is -0.122. The Labute approximate surface area is 216 Å². The van der Waals surface area contributed by atoms with Gasteiger partial charge in [0.25, 0.3) is 0 Å². The third-order valence-electron chi connectivity index (χ3n) is 6.38. The molecule has 0 unspecified atom stereocenters. The molecule has 0 radical (unpaired) electrons. The van der Waals surface area contributed by atoms with Gasteiger partial charge in [-0.25, -0.2) is 0 Å². The number of nitrogens with two attached hydrogens (primary N) is 2. The molecule has 0 saturated carbocycles. The second-order valence-electron chi connectivity index (χ2n) is 9.05. The van der Waals surface area contributed by atoms with E-state index in [-0.39, 0.29) is 17.5 Å². The van der Waals surface area contributed by atoms with E-state index in [4.69, 9.17) is 11.5 Å². The fraction of sp³-hybridized carbons (Fsp3) is 0.276. The van der Waals surface area contributed by atoms with Gasteiger partial charge in [-0.1, -0.05) is 54.6 Å². The SMILES string of the molecule is NCCCNc1ccc(NCCCNC(=O)[C@H](N)Cc2ccccc2)c2c1C(=O)c1ccccc1C2=O. The predicted molar refractivity (Wildman–Crippen MR) is 146 cm³/mol. The van der Waals surface area contributed by atoms with E-state index in [0.29, 0.717) is 72.6 Å². The Kier molecular flexibility index (Phi) is 8.66. The monoisotopic (exact) mass is 499 g/mol. The summed E-state index contributed by atoms with van der Waals surface area (Å²) in [5, 5.41) is 9.42. The van der Waals surface area contributed by atoms with Crippen LogP contribution in [0.2, 0.25) is 0 Å². The smallest absolute Gasteiger partial charge is 0.237 e. The molecule has 1 amide bonds. The van der Waals surface area contributed by atoms with Crippen LogP contribution in [0.15, 0.2) is 66.7 Å². The first-order valence-electron chi connectivity index (χ1n) is 12.6. The first-order valence-corrected chi connectivity index (χ1v) is 12.6. The number of rotatable bonds is 12. The number of fused-ring (bicyclic) bond motifs is 2. The van der Waals surface area contributed by atoms with Gasteiger partial charge < -0.3 is 27.4 Å². The maximum absolute atomic E-state index is 13.4. The van der Waals surface area contributed by atoms with Gasteiger partial charge in [0.2, 0.25) is 5.91 Å². The summed E-state index contributed by atoms with van der Waals surface area (Å²) in [6.45, 7) is 2.07. The normalized spacial score (nSPS) is 12.9. The van der Waals surface area contributed by atoms with Gasteiger partial charge in [0.05, 0.1) is 17.2 Å². The molecular formula is C29H33N5O3. The van der Waals surface area contributed by atoms with E-state index in [1.807, 2.05) is 42.5 Å². The number of anilines is 2. The molecule has 0 saturated heterocycles. The van der Waals surface area contributed by atoms with Crippen LogP contribution in [0.5, 0.6) is 0 Å². The van der Waals surface area contributed by atoms with Crippen molar-refractivity contribution in [3.8, 4) is 0 Å². The van der Waals surface area contributed by atoms with Gasteiger partial charge in [-0.3, -0.25) is 14.4 Å². The van der Waals surface area contributed by atoms with E-state index in [0.717, 1.165) is 12.0 Å². The molecule has 1 atom stereocenters. The fourth-order valence-corrected chi connectivity index (χ4v) is 4.46. The average molecular weight is 500 g/mol. The van der Waals surface area contributed by atoms with Crippen LogP contribution in [0, 0.1) is 0 Å². The van der Waals surface area contributed by atoms with Crippen molar-refractivity contribution in [2.24, 2.45) is 11.5 Å². The van der Waals surface area contributed by atoms with Crippen molar-refractivity contribution >= 4 is 28.8 Å². The minimum absolute atomic E-state index is 0.177. The van der Waals surface area contributed by atoms with Crippen LogP contribution in [-0.2, 0) is 11.2 Å². The minimum Gasteiger partial charge on any atom is -0.384 e. The van der Waals surface area contributed by atoms with Crippen LogP contribution in [0.1, 0.15) is 50.2 Å². The van der Waals surface area contributed by atoms with Crippen LogP contribution >= 0.6 is 0 Å². The number of hydrogen-bond acceptors (Lipinski definition) is 7. The van der Waals surface area contributed by atoms with Crippen molar-refractivity contribution in [1.29, 1.82) is 0 Å². The summed E-state index contributed by atoms with van der Waals surface area (Å²) in [5.74, 6) is -0.564. The van der Waals surface area contributed by atoms with Crippen LogP contribution in [0.25, 0.3) is 0 Å². The lowest BCUT2D eigenvalue weighted by Gasteiger charge is -2.24. The van der Waals surface area contributed by atoms with Gasteiger partial charge in [0, 0.05) is 42.1 Å². The molecule has 0 heterocycles. The molecule has 8 heteroatoms. The molecule has 0 fully saturated rings. The Morgan fingerprint density at radius 1 is 0.730 bits per heavy atom. The molecule has 0 aromatic heterocycles. The van der Waals surface area contributed by atoms with Crippen LogP contribution in [0.3, 0.4) is 0 Å². The van der Waals surface area contributed by atoms with Crippen LogP contribution in [-0.4, -0.2) is 49.7 Å². The molecule has 1 aliphatic rings. The molecule has 4 rings (SSSR count). The van der Waals surface area contributed by atoms with Crippen LogP contribution in [0.4, 0.5) is 11.4 Å². The highest BCUT2D eigenvalue weighted by atomic mass is 16.2. The van der Waals surface area contributed by atoms with Crippen molar-refractivity contribution in [1.82, 2.24) is 5.32 Å². The molecular weight excluding hydrogens is 466 g/mol. The number of benzene rings is 3. The van der Waals surface area contributed by atoms with Gasteiger partial charge in [0.1, 0.15) is 0 Å². The molecule has 7 N–H and O–H groups in total. The fourth-order valence-electron chi connectivity index (χ4n) is 4.46. The zero-order valence-corrected chi connectivity index (χ0v) is 20.8. The van der Waals surface area contributed by atoms with Crippen LogP contribution < -0.4 is 27.4 Å². The highest BCUT2D eigenvalue weighted by molar-refractivity contribution is 6.31. The largest absolute Gasteiger partial charge is 0.384 e. The molecule has 8 nitrogen and oxygen atoms in total. The summed E-state index contributed by atoms with van der Waals surface area (Å²) in [6, 6.07) is 19.6. The topological polar surface area (TPSA) is 139 Å². The zero-order valence-electron chi connectivity index (χ0n) is 20.8. The van der Waals surface area contributed by atoms with Gasteiger partial charge >= 0.3 is 0 Å². The lowest BCUT2D eigenvalue weighted by atomic mass is 9.82. The standard InChI is InChI=1S/C29H33N5O3/c30-14-6-15-32-23-12-13-24(26-25(23)27(35)20-10-4-5-11-21(20)28(26)36)33-16-7-17-34-29(37)22(31)18-19-8-2-1-3-9-19/h1-5,8-13,22,32-33H,6-7,14-18,30-31H2,(H,34,37)/t22-/m1/s1. The van der Waals surface area contributed by atoms with Crippen molar-refractivity contribution < 1.29 is 14.4 Å². The first kappa shape index (κ1) is 26.1. The van der Waals surface area contributed by atoms with E-state index < -0.39 is 6.04 Å². The highest BCUT2D eigenvalue weighted by Crippen LogP contribution is 2.36. The van der Waals surface area contributed by atoms with Crippen molar-refractivity contribution in [2.75, 3.05) is 36.8 Å². The number of carbonyl (C=O) groups is 3. The van der Waals surface area contributed by atoms with E-state index >= 15 is 0 Å². The van der Waals surface area contributed by atoms with Gasteiger partial charge in [0.15, 0.2) is 11.6 Å². The number of carbonyl (C=O) groups excluding carboxylic acids is 3. The molecule has 192 valence electrons. The zero-order chi connectivity index (χ0) is 26.2. The Hall–Kier alpha value is -4.01. The molecule has 3 aromatic carbocycles. The summed E-state index contributed by atoms with van der Waals surface area (Å²) in [6.07, 6.45) is 1.84. The highest BCUT2D eigenvalue weighted by Gasteiger charge is 2.33. The Balaban J connectivity index is 1.40. The predicted octanol–water partition coefficient (Wildman–Crippen LogP) is 2.71. The van der Waals surface area contributed by atoms with Crippen molar-refractivity contribution in [3.63, 3.8) is 0 Å². The first-order chi connectivity index (χ1) is 18.0. The number of hydrogen-bond donors (Lipinski definition) is 5. The van der Waals surface area contributed by atoms with E-state index in [1.165, 1.54) is 0 Å². The number of ketones is 2. The van der Waals surface area contributed by atoms with E-state index in [9.17, 15) is 14.4 Å². The Morgan fingerprint density at radius 3 is 1.84 bits per heavy atom. The summed E-state index contributed by atoms with van der Waals surface area (Å²) < 4.78 is 0. The minimum atomic E-state index is -0.620. The molecule has 3 aromatic rings. The third-order valence-corrected chi connectivity index (χ3v) is 6.38. The van der Waals surface area contributed by atoms with Crippen molar-refractivity contribution in [2.45, 2.75) is 25.3 Å². The third kappa shape index (κ3) is 6.04. The van der Waals surface area contributed by atoms with Gasteiger partial charge in [-0.2, -0.15) is 0 Å². The van der Waals surface area contributed by atoms with Crippen molar-refractivity contribution in [3.05, 3.63) is 94.5 Å². The maximum atomic E-state index is 13.4. The molecule has 0 bridgehead atoms. The van der Waals surface area contributed by atoms with Gasteiger partial charge in [-0.05, 0) is 43.5 Å². The Bertz CT molecular complexity index is 1280. The van der Waals surface area contributed by atoms with Gasteiger partial charge in [-0.15, -0.1) is 0 Å². The summed E-state index contributed by atoms with van der Waals surface area (Å²) in [4.78, 5) is 39.2. The Morgan fingerprint density at radius 2 is 1.27 bits per heavy atom. The summed E-state index contributed by atoms with van der Waals surface area (Å²) >= 11 is 0.